The Bertz CT molecular complexity index is 1090. The molecule has 2 heterocycles. The first-order valence-electron chi connectivity index (χ1n) is 9.48. The standard InChI is InChI=1S/C21H24N6O2S/c1-14-11-26-20(24-10-9-15-5-3-2-4-6-15)21(29)27(14)13-18(28)25-12-16-7-8-17(30-16)19(22)23/h2-8,11H,9-10,12-13H2,1H3,(H3,22,23)(H,24,26)(H,25,28). The van der Waals surface area contributed by atoms with Crippen LogP contribution in [0.1, 0.15) is 21.0 Å². The summed E-state index contributed by atoms with van der Waals surface area (Å²) in [6.45, 7) is 2.54. The molecule has 0 bridgehead atoms. The van der Waals surface area contributed by atoms with Crippen LogP contribution in [0.15, 0.2) is 53.5 Å². The van der Waals surface area contributed by atoms with Crippen LogP contribution >= 0.6 is 11.3 Å². The van der Waals surface area contributed by atoms with Gasteiger partial charge in [0.25, 0.3) is 5.56 Å². The van der Waals surface area contributed by atoms with E-state index in [-0.39, 0.29) is 29.7 Å². The van der Waals surface area contributed by atoms with Crippen molar-refractivity contribution in [2.45, 2.75) is 26.4 Å². The van der Waals surface area contributed by atoms with Crippen LogP contribution in [0.25, 0.3) is 0 Å². The minimum absolute atomic E-state index is 0.00355. The lowest BCUT2D eigenvalue weighted by molar-refractivity contribution is -0.121. The second kappa shape index (κ2) is 9.84. The lowest BCUT2D eigenvalue weighted by atomic mass is 10.1. The number of benzene rings is 1. The number of hydrogen-bond donors (Lipinski definition) is 4. The molecule has 9 heteroatoms. The van der Waals surface area contributed by atoms with Crippen molar-refractivity contribution in [2.24, 2.45) is 5.73 Å². The van der Waals surface area contributed by atoms with E-state index in [0.29, 0.717) is 23.7 Å². The fourth-order valence-electron chi connectivity index (χ4n) is 2.86. The summed E-state index contributed by atoms with van der Waals surface area (Å²) in [5, 5.41) is 13.3. The van der Waals surface area contributed by atoms with E-state index in [9.17, 15) is 9.59 Å². The first-order valence-corrected chi connectivity index (χ1v) is 10.3. The minimum Gasteiger partial charge on any atom is -0.383 e. The van der Waals surface area contributed by atoms with Crippen molar-refractivity contribution in [1.29, 1.82) is 5.41 Å². The lowest BCUT2D eigenvalue weighted by Crippen LogP contribution is -2.34. The largest absolute Gasteiger partial charge is 0.383 e. The minimum atomic E-state index is -0.326. The van der Waals surface area contributed by atoms with E-state index in [1.165, 1.54) is 21.5 Å². The van der Waals surface area contributed by atoms with Crippen molar-refractivity contribution in [3.63, 3.8) is 0 Å². The van der Waals surface area contributed by atoms with Crippen LogP contribution in [0, 0.1) is 12.3 Å². The summed E-state index contributed by atoms with van der Waals surface area (Å²) in [5.41, 5.74) is 6.91. The number of thiophene rings is 1. The van der Waals surface area contributed by atoms with E-state index >= 15 is 0 Å². The van der Waals surface area contributed by atoms with Crippen molar-refractivity contribution < 1.29 is 4.79 Å². The maximum Gasteiger partial charge on any atom is 0.293 e. The Morgan fingerprint density at radius 1 is 1.23 bits per heavy atom. The number of amidine groups is 1. The third-order valence-electron chi connectivity index (χ3n) is 4.49. The van der Waals surface area contributed by atoms with Gasteiger partial charge in [-0.25, -0.2) is 4.98 Å². The number of nitrogen functional groups attached to an aromatic ring is 1. The summed E-state index contributed by atoms with van der Waals surface area (Å²) >= 11 is 1.35. The van der Waals surface area contributed by atoms with Crippen molar-refractivity contribution >= 4 is 28.9 Å². The molecule has 0 aliphatic heterocycles. The molecule has 0 saturated carbocycles. The van der Waals surface area contributed by atoms with Crippen LogP contribution in [0.2, 0.25) is 0 Å². The van der Waals surface area contributed by atoms with Crippen LogP contribution in [-0.2, 0) is 24.3 Å². The van der Waals surface area contributed by atoms with Crippen LogP contribution in [0.4, 0.5) is 5.82 Å². The van der Waals surface area contributed by atoms with Gasteiger partial charge in [0.1, 0.15) is 12.4 Å². The topological polar surface area (TPSA) is 126 Å². The number of nitrogens with zero attached hydrogens (tertiary/aromatic N) is 2. The Hall–Kier alpha value is -3.46. The number of nitrogens with two attached hydrogens (primary N) is 1. The highest BCUT2D eigenvalue weighted by atomic mass is 32.1. The Labute approximate surface area is 178 Å². The first kappa shape index (κ1) is 21.3. The van der Waals surface area contributed by atoms with Gasteiger partial charge in [0.15, 0.2) is 5.82 Å². The number of nitrogens with one attached hydrogen (secondary N) is 3. The number of anilines is 1. The molecule has 5 N–H and O–H groups in total. The third-order valence-corrected chi connectivity index (χ3v) is 5.61. The molecule has 3 aromatic rings. The zero-order valence-electron chi connectivity index (χ0n) is 16.6. The SMILES string of the molecule is Cc1cnc(NCCc2ccccc2)c(=O)n1CC(=O)NCc1ccc(C(=N)N)s1. The smallest absolute Gasteiger partial charge is 0.293 e. The highest BCUT2D eigenvalue weighted by Gasteiger charge is 2.12. The van der Waals surface area contributed by atoms with E-state index in [0.717, 1.165) is 11.3 Å². The van der Waals surface area contributed by atoms with E-state index < -0.39 is 0 Å². The van der Waals surface area contributed by atoms with Crippen LogP contribution < -0.4 is 21.9 Å². The van der Waals surface area contributed by atoms with Crippen LogP contribution in [-0.4, -0.2) is 27.8 Å². The van der Waals surface area contributed by atoms with Crippen LogP contribution in [0.3, 0.4) is 0 Å². The highest BCUT2D eigenvalue weighted by molar-refractivity contribution is 7.14. The fraction of sp³-hybridized carbons (Fsp3) is 0.238. The second-order valence-electron chi connectivity index (χ2n) is 6.76. The van der Waals surface area contributed by atoms with Gasteiger partial charge in [-0.05, 0) is 31.0 Å². The van der Waals surface area contributed by atoms with Crippen LogP contribution in [0.5, 0.6) is 0 Å². The quantitative estimate of drug-likeness (QED) is 0.308. The third kappa shape index (κ3) is 5.54. The number of aromatic nitrogens is 2. The van der Waals surface area contributed by atoms with Crippen molar-refractivity contribution in [3.05, 3.63) is 80.0 Å². The van der Waals surface area contributed by atoms with Gasteiger partial charge in [0.2, 0.25) is 5.91 Å². The number of carbonyl (C=O) groups is 1. The molecule has 0 spiro atoms. The molecule has 0 radical (unpaired) electrons. The van der Waals surface area contributed by atoms with Gasteiger partial charge in [-0.2, -0.15) is 0 Å². The molecule has 2 aromatic heterocycles. The summed E-state index contributed by atoms with van der Waals surface area (Å²) in [6, 6.07) is 13.5. The molecule has 8 nitrogen and oxygen atoms in total. The molecule has 0 aliphatic rings. The molecule has 1 amide bonds. The Balaban J connectivity index is 1.59. The zero-order valence-corrected chi connectivity index (χ0v) is 17.5. The number of rotatable bonds is 9. The summed E-state index contributed by atoms with van der Waals surface area (Å²) in [5.74, 6) is -0.0445. The molecular weight excluding hydrogens is 400 g/mol. The van der Waals surface area contributed by atoms with E-state index in [4.69, 9.17) is 11.1 Å². The van der Waals surface area contributed by atoms with E-state index in [1.807, 2.05) is 36.4 Å². The second-order valence-corrected chi connectivity index (χ2v) is 7.93. The van der Waals surface area contributed by atoms with Gasteiger partial charge >= 0.3 is 0 Å². The normalized spacial score (nSPS) is 10.6. The Morgan fingerprint density at radius 3 is 2.70 bits per heavy atom. The molecule has 0 saturated heterocycles. The summed E-state index contributed by atoms with van der Waals surface area (Å²) in [4.78, 5) is 30.8. The average Bonchev–Trinajstić information content (AvgIpc) is 3.21. The number of carbonyl (C=O) groups excluding carboxylic acids is 1. The fourth-order valence-corrected chi connectivity index (χ4v) is 3.67. The van der Waals surface area contributed by atoms with E-state index in [1.54, 1.807) is 19.2 Å². The van der Waals surface area contributed by atoms with Crippen molar-refractivity contribution in [2.75, 3.05) is 11.9 Å². The summed E-state index contributed by atoms with van der Waals surface area (Å²) < 4.78 is 1.41. The number of amides is 1. The monoisotopic (exact) mass is 424 g/mol. The molecule has 0 unspecified atom stereocenters. The van der Waals surface area contributed by atoms with Gasteiger partial charge in [0.05, 0.1) is 11.4 Å². The van der Waals surface area contributed by atoms with Crippen molar-refractivity contribution in [3.8, 4) is 0 Å². The zero-order chi connectivity index (χ0) is 21.5. The molecule has 1 aromatic carbocycles. The highest BCUT2D eigenvalue weighted by Crippen LogP contribution is 2.15. The molecule has 156 valence electrons. The van der Waals surface area contributed by atoms with Gasteiger partial charge in [-0.3, -0.25) is 19.6 Å². The van der Waals surface area contributed by atoms with Crippen molar-refractivity contribution in [1.82, 2.24) is 14.9 Å². The molecule has 0 aliphatic carbocycles. The summed E-state index contributed by atoms with van der Waals surface area (Å²) in [7, 11) is 0. The molecule has 30 heavy (non-hydrogen) atoms. The predicted molar refractivity (Wildman–Crippen MR) is 119 cm³/mol. The Kier molecular flexibility index (Phi) is 6.97. The van der Waals surface area contributed by atoms with E-state index in [2.05, 4.69) is 15.6 Å². The summed E-state index contributed by atoms with van der Waals surface area (Å²) in [6.07, 6.45) is 2.34. The lowest BCUT2D eigenvalue weighted by Gasteiger charge is -2.12. The van der Waals surface area contributed by atoms with Gasteiger partial charge in [0, 0.05) is 23.3 Å². The van der Waals surface area contributed by atoms with Gasteiger partial charge in [-0.1, -0.05) is 30.3 Å². The molecular formula is C21H24N6O2S. The van der Waals surface area contributed by atoms with Gasteiger partial charge < -0.3 is 16.4 Å². The molecule has 0 fully saturated rings. The maximum absolute atomic E-state index is 12.7. The molecule has 3 rings (SSSR count). The number of hydrogen-bond acceptors (Lipinski definition) is 6. The first-order chi connectivity index (χ1) is 14.4. The van der Waals surface area contributed by atoms with Gasteiger partial charge in [-0.15, -0.1) is 11.3 Å². The molecule has 0 atom stereocenters. The average molecular weight is 425 g/mol. The number of aryl methyl sites for hydroxylation is 1. The maximum atomic E-state index is 12.7. The predicted octanol–water partition coefficient (Wildman–Crippen LogP) is 1.87. The Morgan fingerprint density at radius 2 is 2.00 bits per heavy atom.